The summed E-state index contributed by atoms with van der Waals surface area (Å²) in [6, 6.07) is 16.0. The van der Waals surface area contributed by atoms with Gasteiger partial charge in [-0.05, 0) is 28.8 Å². The lowest BCUT2D eigenvalue weighted by Gasteiger charge is -2.07. The molecule has 0 aliphatic carbocycles. The van der Waals surface area contributed by atoms with Crippen LogP contribution in [0.25, 0.3) is 5.57 Å². The molecule has 0 radical (unpaired) electrons. The monoisotopic (exact) mass is 224 g/mol. The number of ether oxygens (including phenoxy) is 2. The van der Waals surface area contributed by atoms with Crippen molar-refractivity contribution in [2.24, 2.45) is 0 Å². The maximum atomic E-state index is 5.36. The third kappa shape index (κ3) is 1.78. The second-order valence-electron chi connectivity index (χ2n) is 3.91. The molecule has 0 amide bonds. The minimum Gasteiger partial charge on any atom is -0.454 e. The van der Waals surface area contributed by atoms with Crippen LogP contribution >= 0.6 is 0 Å². The molecular formula is C15H12O2. The van der Waals surface area contributed by atoms with Gasteiger partial charge in [0, 0.05) is 0 Å². The summed E-state index contributed by atoms with van der Waals surface area (Å²) in [6.45, 7) is 4.43. The van der Waals surface area contributed by atoms with Gasteiger partial charge in [0.2, 0.25) is 6.79 Å². The molecule has 0 saturated carbocycles. The van der Waals surface area contributed by atoms with Gasteiger partial charge in [0.15, 0.2) is 11.5 Å². The second kappa shape index (κ2) is 3.98. The van der Waals surface area contributed by atoms with Crippen LogP contribution in [-0.4, -0.2) is 6.79 Å². The van der Waals surface area contributed by atoms with Crippen LogP contribution in [-0.2, 0) is 0 Å². The van der Waals surface area contributed by atoms with E-state index in [2.05, 4.69) is 6.58 Å². The lowest BCUT2D eigenvalue weighted by atomic mass is 9.99. The number of fused-ring (bicyclic) bond motifs is 1. The van der Waals surface area contributed by atoms with Crippen molar-refractivity contribution in [2.45, 2.75) is 0 Å². The average Bonchev–Trinajstić information content (AvgIpc) is 2.86. The SMILES string of the molecule is C=C(c1ccccc1)c1ccc2c(c1)OCO2. The van der Waals surface area contributed by atoms with Gasteiger partial charge in [-0.25, -0.2) is 0 Å². The van der Waals surface area contributed by atoms with Crippen LogP contribution in [0.4, 0.5) is 0 Å². The molecule has 2 heteroatoms. The fourth-order valence-electron chi connectivity index (χ4n) is 1.89. The predicted octanol–water partition coefficient (Wildman–Crippen LogP) is 3.48. The molecule has 17 heavy (non-hydrogen) atoms. The molecule has 2 aromatic rings. The molecule has 2 aromatic carbocycles. The Morgan fingerprint density at radius 3 is 2.47 bits per heavy atom. The maximum absolute atomic E-state index is 5.36. The van der Waals surface area contributed by atoms with E-state index in [1.807, 2.05) is 48.5 Å². The van der Waals surface area contributed by atoms with Crippen LogP contribution in [0.15, 0.2) is 55.1 Å². The van der Waals surface area contributed by atoms with Crippen LogP contribution < -0.4 is 9.47 Å². The quantitative estimate of drug-likeness (QED) is 0.777. The molecule has 1 aliphatic heterocycles. The van der Waals surface area contributed by atoms with Crippen LogP contribution in [0, 0.1) is 0 Å². The van der Waals surface area contributed by atoms with Crippen molar-refractivity contribution in [3.8, 4) is 11.5 Å². The fourth-order valence-corrected chi connectivity index (χ4v) is 1.89. The summed E-state index contributed by atoms with van der Waals surface area (Å²) in [5.41, 5.74) is 3.16. The topological polar surface area (TPSA) is 18.5 Å². The highest BCUT2D eigenvalue weighted by atomic mass is 16.7. The largest absolute Gasteiger partial charge is 0.454 e. The first kappa shape index (κ1) is 9.97. The standard InChI is InChI=1S/C15H12O2/c1-11(12-5-3-2-4-6-12)13-7-8-14-15(9-13)17-10-16-14/h2-9H,1,10H2. The van der Waals surface area contributed by atoms with Crippen LogP contribution in [0.5, 0.6) is 11.5 Å². The highest BCUT2D eigenvalue weighted by Crippen LogP contribution is 2.35. The van der Waals surface area contributed by atoms with Gasteiger partial charge in [-0.2, -0.15) is 0 Å². The lowest BCUT2D eigenvalue weighted by molar-refractivity contribution is 0.174. The Morgan fingerprint density at radius 2 is 1.65 bits per heavy atom. The van der Waals surface area contributed by atoms with E-state index in [0.29, 0.717) is 6.79 Å². The molecule has 2 nitrogen and oxygen atoms in total. The van der Waals surface area contributed by atoms with Gasteiger partial charge in [-0.15, -0.1) is 0 Å². The molecule has 0 fully saturated rings. The van der Waals surface area contributed by atoms with Gasteiger partial charge in [0.25, 0.3) is 0 Å². The fraction of sp³-hybridized carbons (Fsp3) is 0.0667. The van der Waals surface area contributed by atoms with Gasteiger partial charge in [0.1, 0.15) is 0 Å². The highest BCUT2D eigenvalue weighted by Gasteiger charge is 2.14. The van der Waals surface area contributed by atoms with Crippen molar-refractivity contribution in [1.82, 2.24) is 0 Å². The van der Waals surface area contributed by atoms with Crippen LogP contribution in [0.3, 0.4) is 0 Å². The summed E-state index contributed by atoms with van der Waals surface area (Å²) in [5.74, 6) is 1.59. The Balaban J connectivity index is 1.97. The molecule has 0 spiro atoms. The van der Waals surface area contributed by atoms with Crippen molar-refractivity contribution < 1.29 is 9.47 Å². The van der Waals surface area contributed by atoms with E-state index >= 15 is 0 Å². The van der Waals surface area contributed by atoms with Crippen molar-refractivity contribution >= 4 is 5.57 Å². The Hall–Kier alpha value is -2.22. The third-order valence-electron chi connectivity index (χ3n) is 2.84. The molecule has 0 saturated heterocycles. The van der Waals surface area contributed by atoms with Gasteiger partial charge in [0.05, 0.1) is 0 Å². The zero-order valence-electron chi connectivity index (χ0n) is 9.35. The molecule has 0 aromatic heterocycles. The summed E-state index contributed by atoms with van der Waals surface area (Å²) < 4.78 is 10.6. The Bertz CT molecular complexity index is 558. The summed E-state index contributed by atoms with van der Waals surface area (Å²) in [4.78, 5) is 0. The Kier molecular flexibility index (Phi) is 2.33. The molecule has 0 N–H and O–H groups in total. The Morgan fingerprint density at radius 1 is 0.882 bits per heavy atom. The third-order valence-corrected chi connectivity index (χ3v) is 2.84. The van der Waals surface area contributed by atoms with Crippen LogP contribution in [0.2, 0.25) is 0 Å². The van der Waals surface area contributed by atoms with E-state index in [1.165, 1.54) is 0 Å². The molecule has 0 unspecified atom stereocenters. The lowest BCUT2D eigenvalue weighted by Crippen LogP contribution is -1.92. The number of hydrogen-bond acceptors (Lipinski definition) is 2. The van der Waals surface area contributed by atoms with Crippen molar-refractivity contribution in [2.75, 3.05) is 6.79 Å². The van der Waals surface area contributed by atoms with Crippen molar-refractivity contribution in [3.63, 3.8) is 0 Å². The zero-order chi connectivity index (χ0) is 11.7. The normalized spacial score (nSPS) is 12.5. The molecule has 0 atom stereocenters. The van der Waals surface area contributed by atoms with Gasteiger partial charge < -0.3 is 9.47 Å². The summed E-state index contributed by atoms with van der Waals surface area (Å²) in [6.07, 6.45) is 0. The van der Waals surface area contributed by atoms with E-state index in [0.717, 1.165) is 28.2 Å². The minimum absolute atomic E-state index is 0.302. The molecule has 1 aliphatic rings. The van der Waals surface area contributed by atoms with E-state index in [9.17, 15) is 0 Å². The van der Waals surface area contributed by atoms with Crippen molar-refractivity contribution in [3.05, 3.63) is 66.2 Å². The van der Waals surface area contributed by atoms with E-state index in [1.54, 1.807) is 0 Å². The second-order valence-corrected chi connectivity index (χ2v) is 3.91. The predicted molar refractivity (Wildman–Crippen MR) is 67.1 cm³/mol. The Labute approximate surface area is 100 Å². The number of rotatable bonds is 2. The summed E-state index contributed by atoms with van der Waals surface area (Å²) >= 11 is 0. The first-order valence-electron chi connectivity index (χ1n) is 5.49. The highest BCUT2D eigenvalue weighted by molar-refractivity contribution is 5.79. The smallest absolute Gasteiger partial charge is 0.231 e. The van der Waals surface area contributed by atoms with Crippen LogP contribution in [0.1, 0.15) is 11.1 Å². The van der Waals surface area contributed by atoms with E-state index in [4.69, 9.17) is 9.47 Å². The number of benzene rings is 2. The van der Waals surface area contributed by atoms with Gasteiger partial charge >= 0.3 is 0 Å². The first-order chi connectivity index (χ1) is 8.34. The van der Waals surface area contributed by atoms with Gasteiger partial charge in [-0.3, -0.25) is 0 Å². The van der Waals surface area contributed by atoms with Gasteiger partial charge in [-0.1, -0.05) is 43.0 Å². The molecule has 0 bridgehead atoms. The zero-order valence-corrected chi connectivity index (χ0v) is 9.35. The van der Waals surface area contributed by atoms with E-state index < -0.39 is 0 Å². The molecule has 84 valence electrons. The summed E-state index contributed by atoms with van der Waals surface area (Å²) in [7, 11) is 0. The average molecular weight is 224 g/mol. The number of hydrogen-bond donors (Lipinski definition) is 0. The summed E-state index contributed by atoms with van der Waals surface area (Å²) in [5, 5.41) is 0. The van der Waals surface area contributed by atoms with Crippen molar-refractivity contribution in [1.29, 1.82) is 0 Å². The molecular weight excluding hydrogens is 212 g/mol. The maximum Gasteiger partial charge on any atom is 0.231 e. The minimum atomic E-state index is 0.302. The first-order valence-corrected chi connectivity index (χ1v) is 5.49. The molecule has 3 rings (SSSR count). The van der Waals surface area contributed by atoms with E-state index in [-0.39, 0.29) is 0 Å². The molecule has 1 heterocycles.